The van der Waals surface area contributed by atoms with Crippen molar-refractivity contribution in [3.8, 4) is 0 Å². The average Bonchev–Trinajstić information content (AvgIpc) is 3.22. The molecule has 2 fully saturated rings. The van der Waals surface area contributed by atoms with Crippen molar-refractivity contribution in [3.63, 3.8) is 0 Å². The van der Waals surface area contributed by atoms with E-state index in [-0.39, 0.29) is 23.9 Å². The summed E-state index contributed by atoms with van der Waals surface area (Å²) < 4.78 is 5.27. The lowest BCUT2D eigenvalue weighted by atomic mass is 10.1. The van der Waals surface area contributed by atoms with E-state index in [1.165, 1.54) is 0 Å². The van der Waals surface area contributed by atoms with Crippen LogP contribution in [0.15, 0.2) is 30.3 Å². The molecule has 2 heterocycles. The number of nitrogens with zero attached hydrogens (tertiary/aromatic N) is 3. The first kappa shape index (κ1) is 21.1. The second-order valence-corrected chi connectivity index (χ2v) is 8.19. The van der Waals surface area contributed by atoms with Crippen LogP contribution >= 0.6 is 0 Å². The van der Waals surface area contributed by atoms with E-state index in [4.69, 9.17) is 4.74 Å². The van der Waals surface area contributed by atoms with Crippen LogP contribution in [0.4, 0.5) is 4.79 Å². The number of carbonyl (C=O) groups excluding carboxylic acids is 3. The molecule has 1 atom stereocenters. The van der Waals surface area contributed by atoms with Crippen LogP contribution in [-0.2, 0) is 20.7 Å². The summed E-state index contributed by atoms with van der Waals surface area (Å²) in [7, 11) is 0. The Morgan fingerprint density at radius 2 is 1.66 bits per heavy atom. The van der Waals surface area contributed by atoms with Gasteiger partial charge in [0, 0.05) is 32.7 Å². The zero-order chi connectivity index (χ0) is 20.8. The number of carbonyl (C=O) groups is 3. The highest BCUT2D eigenvalue weighted by Gasteiger charge is 2.37. The number of piperazine rings is 1. The minimum Gasteiger partial charge on any atom is -0.449 e. The molecule has 0 spiro atoms. The van der Waals surface area contributed by atoms with Gasteiger partial charge in [0.05, 0.1) is 13.0 Å². The third kappa shape index (κ3) is 5.49. The number of rotatable bonds is 5. The molecule has 2 aliphatic heterocycles. The molecular formula is C22H31N3O4. The monoisotopic (exact) mass is 401 g/mol. The zero-order valence-corrected chi connectivity index (χ0v) is 17.4. The Hall–Kier alpha value is -2.57. The van der Waals surface area contributed by atoms with Gasteiger partial charge in [-0.15, -0.1) is 0 Å². The van der Waals surface area contributed by atoms with Gasteiger partial charge in [-0.25, -0.2) is 4.79 Å². The van der Waals surface area contributed by atoms with Crippen molar-refractivity contribution in [1.82, 2.24) is 14.7 Å². The van der Waals surface area contributed by atoms with Gasteiger partial charge in [0.15, 0.2) is 0 Å². The number of ether oxygens (including phenoxy) is 1. The molecule has 2 aliphatic rings. The lowest BCUT2D eigenvalue weighted by Gasteiger charge is -2.37. The number of likely N-dealkylation sites (tertiary alicyclic amines) is 1. The van der Waals surface area contributed by atoms with E-state index in [9.17, 15) is 14.4 Å². The molecule has 158 valence electrons. The van der Waals surface area contributed by atoms with Gasteiger partial charge >= 0.3 is 6.09 Å². The summed E-state index contributed by atoms with van der Waals surface area (Å²) in [6.45, 7) is 6.91. The minimum atomic E-state index is -0.384. The van der Waals surface area contributed by atoms with Gasteiger partial charge < -0.3 is 19.4 Å². The zero-order valence-electron chi connectivity index (χ0n) is 17.4. The SMILES string of the molecule is CC(C)COC(=O)N1CCN(C(=O)C2CCCN2C(=O)Cc2ccccc2)CC1. The van der Waals surface area contributed by atoms with Gasteiger partial charge in [-0.1, -0.05) is 44.2 Å². The summed E-state index contributed by atoms with van der Waals surface area (Å²) in [5.41, 5.74) is 0.962. The van der Waals surface area contributed by atoms with Crippen molar-refractivity contribution in [2.24, 2.45) is 5.92 Å². The molecule has 3 rings (SSSR count). The molecule has 0 aromatic heterocycles. The number of hydrogen-bond acceptors (Lipinski definition) is 4. The molecule has 29 heavy (non-hydrogen) atoms. The largest absolute Gasteiger partial charge is 0.449 e. The van der Waals surface area contributed by atoms with Gasteiger partial charge in [-0.05, 0) is 24.3 Å². The first-order valence-corrected chi connectivity index (χ1v) is 10.5. The van der Waals surface area contributed by atoms with E-state index in [1.807, 2.05) is 44.2 Å². The first-order valence-electron chi connectivity index (χ1n) is 10.5. The van der Waals surface area contributed by atoms with Gasteiger partial charge in [-0.3, -0.25) is 9.59 Å². The second kappa shape index (κ2) is 9.76. The Morgan fingerprint density at radius 1 is 1.00 bits per heavy atom. The van der Waals surface area contributed by atoms with Crippen molar-refractivity contribution in [3.05, 3.63) is 35.9 Å². The normalized spacial score (nSPS) is 19.6. The van der Waals surface area contributed by atoms with Crippen molar-refractivity contribution in [2.75, 3.05) is 39.3 Å². The predicted molar refractivity (Wildman–Crippen MR) is 109 cm³/mol. The van der Waals surface area contributed by atoms with Crippen LogP contribution in [0, 0.1) is 5.92 Å². The van der Waals surface area contributed by atoms with Crippen molar-refractivity contribution < 1.29 is 19.1 Å². The summed E-state index contributed by atoms with van der Waals surface area (Å²) in [4.78, 5) is 43.1. The molecule has 2 saturated heterocycles. The standard InChI is InChI=1S/C22H31N3O4/c1-17(2)16-29-22(28)24-13-11-23(12-14-24)21(27)19-9-6-10-25(19)20(26)15-18-7-4-3-5-8-18/h3-5,7-8,17,19H,6,9-16H2,1-2H3. The third-order valence-electron chi connectivity index (χ3n) is 5.45. The highest BCUT2D eigenvalue weighted by atomic mass is 16.6. The lowest BCUT2D eigenvalue weighted by Crippen LogP contribution is -2.55. The van der Waals surface area contributed by atoms with Gasteiger partial charge in [0.1, 0.15) is 6.04 Å². The van der Waals surface area contributed by atoms with Crippen LogP contribution in [0.3, 0.4) is 0 Å². The Labute approximate surface area is 172 Å². The molecular weight excluding hydrogens is 370 g/mol. The predicted octanol–water partition coefficient (Wildman–Crippen LogP) is 2.16. The number of benzene rings is 1. The van der Waals surface area contributed by atoms with Gasteiger partial charge in [0.25, 0.3) is 0 Å². The summed E-state index contributed by atoms with van der Waals surface area (Å²) in [5, 5.41) is 0. The van der Waals surface area contributed by atoms with Crippen LogP contribution in [-0.4, -0.2) is 78.0 Å². The molecule has 0 N–H and O–H groups in total. The fourth-order valence-electron chi connectivity index (χ4n) is 3.84. The van der Waals surface area contributed by atoms with E-state index in [1.54, 1.807) is 14.7 Å². The highest BCUT2D eigenvalue weighted by Crippen LogP contribution is 2.21. The summed E-state index contributed by atoms with van der Waals surface area (Å²) in [6, 6.07) is 9.24. The molecule has 7 heteroatoms. The van der Waals surface area contributed by atoms with E-state index in [2.05, 4.69) is 0 Å². The van der Waals surface area contributed by atoms with E-state index < -0.39 is 0 Å². The quantitative estimate of drug-likeness (QED) is 0.758. The lowest BCUT2D eigenvalue weighted by molar-refractivity contribution is -0.144. The fraction of sp³-hybridized carbons (Fsp3) is 0.591. The third-order valence-corrected chi connectivity index (χ3v) is 5.45. The molecule has 7 nitrogen and oxygen atoms in total. The van der Waals surface area contributed by atoms with Crippen LogP contribution < -0.4 is 0 Å². The van der Waals surface area contributed by atoms with Crippen molar-refractivity contribution in [2.45, 2.75) is 39.2 Å². The first-order chi connectivity index (χ1) is 14.0. The summed E-state index contributed by atoms with van der Waals surface area (Å²) >= 11 is 0. The fourth-order valence-corrected chi connectivity index (χ4v) is 3.84. The highest BCUT2D eigenvalue weighted by molar-refractivity contribution is 5.89. The van der Waals surface area contributed by atoms with E-state index in [0.29, 0.717) is 58.1 Å². The molecule has 3 amide bonds. The van der Waals surface area contributed by atoms with Crippen molar-refractivity contribution in [1.29, 1.82) is 0 Å². The summed E-state index contributed by atoms with van der Waals surface area (Å²) in [5.74, 6) is 0.297. The molecule has 1 aromatic carbocycles. The number of hydrogen-bond donors (Lipinski definition) is 0. The smallest absolute Gasteiger partial charge is 0.409 e. The minimum absolute atomic E-state index is 0.000825. The van der Waals surface area contributed by atoms with Gasteiger partial charge in [-0.2, -0.15) is 0 Å². The Morgan fingerprint density at radius 3 is 2.31 bits per heavy atom. The van der Waals surface area contributed by atoms with Crippen LogP contribution in [0.2, 0.25) is 0 Å². The maximum absolute atomic E-state index is 13.1. The van der Waals surface area contributed by atoms with Crippen molar-refractivity contribution >= 4 is 17.9 Å². The Balaban J connectivity index is 1.52. The van der Waals surface area contributed by atoms with Crippen LogP contribution in [0.5, 0.6) is 0 Å². The molecule has 0 aliphatic carbocycles. The molecule has 0 saturated carbocycles. The Kier molecular flexibility index (Phi) is 7.12. The maximum atomic E-state index is 13.1. The average molecular weight is 402 g/mol. The topological polar surface area (TPSA) is 70.2 Å². The maximum Gasteiger partial charge on any atom is 0.409 e. The number of amides is 3. The molecule has 1 unspecified atom stereocenters. The van der Waals surface area contributed by atoms with Crippen LogP contribution in [0.25, 0.3) is 0 Å². The van der Waals surface area contributed by atoms with Crippen LogP contribution in [0.1, 0.15) is 32.3 Å². The molecule has 0 radical (unpaired) electrons. The molecule has 0 bridgehead atoms. The molecule has 1 aromatic rings. The van der Waals surface area contributed by atoms with E-state index in [0.717, 1.165) is 12.0 Å². The summed E-state index contributed by atoms with van der Waals surface area (Å²) in [6.07, 6.45) is 1.56. The van der Waals surface area contributed by atoms with E-state index >= 15 is 0 Å². The second-order valence-electron chi connectivity index (χ2n) is 8.19. The Bertz CT molecular complexity index is 714. The van der Waals surface area contributed by atoms with Gasteiger partial charge in [0.2, 0.25) is 11.8 Å².